The van der Waals surface area contributed by atoms with Crippen molar-refractivity contribution >= 4 is 66.0 Å². The molecular weight excluding hydrogens is 1240 g/mol. The topological polar surface area (TPSA) is 77.8 Å². The van der Waals surface area contributed by atoms with E-state index in [1.54, 1.807) is 29.4 Å². The van der Waals surface area contributed by atoms with Gasteiger partial charge in [-0.2, -0.15) is 0 Å². The van der Waals surface area contributed by atoms with Crippen LogP contribution in [0.5, 0.6) is 0 Å². The summed E-state index contributed by atoms with van der Waals surface area (Å²) in [6.07, 6.45) is 51.8. The zero-order valence-electron chi connectivity index (χ0n) is 56.4. The summed E-state index contributed by atoms with van der Waals surface area (Å²) in [7, 11) is 0. The van der Waals surface area contributed by atoms with Gasteiger partial charge in [0, 0.05) is 0 Å². The van der Waals surface area contributed by atoms with Gasteiger partial charge in [0.15, 0.2) is 0 Å². The molecule has 0 spiro atoms. The molecule has 2 aromatic heterocycles. The van der Waals surface area contributed by atoms with E-state index in [1.165, 1.54) is 306 Å². The summed E-state index contributed by atoms with van der Waals surface area (Å²) in [5.74, 6) is 0. The van der Waals surface area contributed by atoms with Crippen molar-refractivity contribution in [3.05, 3.63) is 46.5 Å². The summed E-state index contributed by atoms with van der Waals surface area (Å²) >= 11 is -6.31. The molecule has 8 heteroatoms. The fourth-order valence-corrected chi connectivity index (χ4v) is 49.8. The summed E-state index contributed by atoms with van der Waals surface area (Å²) in [6.45, 7) is 24.1. The van der Waals surface area contributed by atoms with E-state index >= 15 is 0 Å². The zero-order valence-corrected chi connectivity index (χ0v) is 62.1. The molecule has 0 atom stereocenters. The number of unbranched alkanes of at least 4 members (excludes halogenated alkanes) is 26. The summed E-state index contributed by atoms with van der Waals surface area (Å²) in [4.78, 5) is 0. The van der Waals surface area contributed by atoms with Gasteiger partial charge in [-0.3, -0.25) is 0 Å². The predicted octanol–water partition coefficient (Wildman–Crippen LogP) is 24.4. The molecule has 0 fully saturated rings. The van der Waals surface area contributed by atoms with E-state index in [1.807, 2.05) is 0 Å². The van der Waals surface area contributed by atoms with Crippen LogP contribution in [0, 0.1) is 0 Å². The average molecular weight is 1370 g/mol. The summed E-state index contributed by atoms with van der Waals surface area (Å²) < 4.78 is 24.3. The first-order valence-corrected chi connectivity index (χ1v) is 52.0. The maximum absolute atomic E-state index is 6.25. The fraction of sp³-hybridized carbons (Fsp3) is 0.763. The first kappa shape index (κ1) is 69.5. The molecule has 7 rings (SSSR count). The Kier molecular flexibility index (Phi) is 29.8. The van der Waals surface area contributed by atoms with Crippen LogP contribution in [0.4, 0.5) is 0 Å². The number of aromatic nitrogens is 4. The van der Waals surface area contributed by atoms with E-state index in [9.17, 15) is 0 Å². The summed E-state index contributed by atoms with van der Waals surface area (Å²) in [5.41, 5.74) is 16.4. The molecule has 0 saturated heterocycles. The Morgan fingerprint density at radius 2 is 0.512 bits per heavy atom. The van der Waals surface area contributed by atoms with Crippen LogP contribution < -0.4 is 7.16 Å². The number of rotatable bonds is 48. The Bertz CT molecular complexity index is 2430. The molecule has 0 N–H and O–H groups in total. The standard InChI is InChI=1S/C52H72N4O2.6C4H9.2Sn/c1-5-9-13-17-21-25-33-51(34-26-22-18-14-10-6-2)41-29-31-45-49(55-57-53-45)47(41)39-38-44-40(37-43(39)51)48-42(30-32-46-50(48)56-58-54-46)52(44,35-27-23-19-15-11-7-3)36-28-24-20-16-12-8-4;6*1-3-4-2;;/h29-30,37-38H,5-28,33-36H2,1-4H3;6*1,3-4H2,2H3;;. The maximum atomic E-state index is 6.25. The van der Waals surface area contributed by atoms with Gasteiger partial charge in [0.05, 0.1) is 0 Å². The molecule has 0 radical (unpaired) electrons. The van der Waals surface area contributed by atoms with Gasteiger partial charge < -0.3 is 0 Å². The van der Waals surface area contributed by atoms with Crippen LogP contribution in [-0.4, -0.2) is 57.4 Å². The Hall–Kier alpha value is -1.94. The SMILES string of the molecule is CCCCCCCCC1(CCCCCCCC)c2cc3c(cc2-c2c1c[c]([Sn]([CH2]CCC)([CH2]CCC)[CH2]CCC)c1nonc21)C(CCCCCCCC)(CCCCCCCC)c1c[c]([Sn]([CH2]CCC)([CH2]CCC)[CH2]CCC)c2nonc2c1-3. The molecule has 5 aromatic rings. The van der Waals surface area contributed by atoms with E-state index in [4.69, 9.17) is 29.9 Å². The second-order valence-corrected chi connectivity index (χ2v) is 54.2. The molecular formula is C76H126N4O2Sn2. The molecule has 0 saturated carbocycles. The van der Waals surface area contributed by atoms with Gasteiger partial charge in [0.1, 0.15) is 0 Å². The molecule has 2 aliphatic rings. The number of nitrogens with zero attached hydrogens (tertiary/aromatic N) is 4. The molecule has 0 aliphatic heterocycles. The van der Waals surface area contributed by atoms with Crippen LogP contribution in [0.25, 0.3) is 44.3 Å². The van der Waals surface area contributed by atoms with E-state index in [2.05, 4.69) is 93.5 Å². The molecule has 0 amide bonds. The normalized spacial score (nSPS) is 14.3. The molecule has 2 aliphatic carbocycles. The van der Waals surface area contributed by atoms with Crippen LogP contribution in [-0.2, 0) is 10.8 Å². The Balaban J connectivity index is 1.60. The predicted molar refractivity (Wildman–Crippen MR) is 371 cm³/mol. The summed E-state index contributed by atoms with van der Waals surface area (Å²) in [6, 6.07) is 11.5. The number of hydrogen-bond donors (Lipinski definition) is 0. The third-order valence-corrected chi connectivity index (χ3v) is 53.0. The van der Waals surface area contributed by atoms with E-state index in [0.29, 0.717) is 0 Å². The number of fused-ring (bicyclic) bond motifs is 10. The van der Waals surface area contributed by atoms with Gasteiger partial charge in [-0.25, -0.2) is 0 Å². The van der Waals surface area contributed by atoms with Crippen molar-refractivity contribution in [2.45, 2.75) is 364 Å². The zero-order chi connectivity index (χ0) is 59.7. The fourth-order valence-electron chi connectivity index (χ4n) is 16.9. The Morgan fingerprint density at radius 1 is 0.274 bits per heavy atom. The minimum absolute atomic E-state index is 0.119. The Labute approximate surface area is 524 Å². The van der Waals surface area contributed by atoms with Crippen molar-refractivity contribution in [1.82, 2.24) is 20.6 Å². The first-order chi connectivity index (χ1) is 41.2. The van der Waals surface area contributed by atoms with Crippen molar-refractivity contribution in [3.63, 3.8) is 0 Å². The van der Waals surface area contributed by atoms with Crippen LogP contribution in [0.3, 0.4) is 0 Å². The van der Waals surface area contributed by atoms with Crippen LogP contribution >= 0.6 is 0 Å². The molecule has 0 bridgehead atoms. The van der Waals surface area contributed by atoms with Crippen molar-refractivity contribution in [3.8, 4) is 22.3 Å². The third kappa shape index (κ3) is 16.1. The quantitative estimate of drug-likeness (QED) is 0.0285. The molecule has 470 valence electrons. The van der Waals surface area contributed by atoms with Gasteiger partial charge in [-0.15, -0.1) is 0 Å². The molecule has 0 unspecified atom stereocenters. The van der Waals surface area contributed by atoms with Gasteiger partial charge in [-0.1, -0.05) is 0 Å². The monoisotopic (exact) mass is 1370 g/mol. The van der Waals surface area contributed by atoms with E-state index in [0.717, 1.165) is 22.1 Å². The molecule has 84 heavy (non-hydrogen) atoms. The second kappa shape index (κ2) is 36.0. The van der Waals surface area contributed by atoms with Gasteiger partial charge in [0.25, 0.3) is 0 Å². The van der Waals surface area contributed by atoms with Crippen molar-refractivity contribution in [2.75, 3.05) is 0 Å². The van der Waals surface area contributed by atoms with E-state index < -0.39 is 36.8 Å². The molecule has 2 heterocycles. The number of benzene rings is 3. The van der Waals surface area contributed by atoms with Crippen molar-refractivity contribution in [1.29, 1.82) is 0 Å². The Morgan fingerprint density at radius 3 is 0.774 bits per heavy atom. The van der Waals surface area contributed by atoms with Crippen LogP contribution in [0.1, 0.15) is 348 Å². The van der Waals surface area contributed by atoms with Gasteiger partial charge in [0.2, 0.25) is 0 Å². The average Bonchev–Trinajstić information content (AvgIpc) is 1.53. The van der Waals surface area contributed by atoms with Crippen molar-refractivity contribution < 1.29 is 9.26 Å². The van der Waals surface area contributed by atoms with Gasteiger partial charge in [-0.05, 0) is 0 Å². The van der Waals surface area contributed by atoms with Crippen LogP contribution in [0.15, 0.2) is 33.5 Å². The van der Waals surface area contributed by atoms with Gasteiger partial charge >= 0.3 is 528 Å². The molecule has 6 nitrogen and oxygen atoms in total. The second-order valence-electron chi connectivity index (χ2n) is 28.0. The van der Waals surface area contributed by atoms with E-state index in [-0.39, 0.29) is 10.8 Å². The first-order valence-electron chi connectivity index (χ1n) is 37.0. The minimum atomic E-state index is -3.15. The summed E-state index contributed by atoms with van der Waals surface area (Å²) in [5, 5.41) is 20.8. The molecule has 3 aromatic carbocycles. The number of hydrogen-bond acceptors (Lipinski definition) is 6. The third-order valence-electron chi connectivity index (χ3n) is 21.9. The van der Waals surface area contributed by atoms with Crippen LogP contribution in [0.2, 0.25) is 26.6 Å². The van der Waals surface area contributed by atoms with Crippen molar-refractivity contribution in [2.24, 2.45) is 0 Å².